The van der Waals surface area contributed by atoms with Crippen molar-refractivity contribution in [1.29, 1.82) is 0 Å². The molecule has 152 valence electrons. The largest absolute Gasteiger partial charge is 0.370 e. The van der Waals surface area contributed by atoms with Gasteiger partial charge in [-0.25, -0.2) is 4.98 Å². The normalized spacial score (nSPS) is 12.1. The molecule has 0 amide bonds. The third-order valence-electron chi connectivity index (χ3n) is 5.50. The van der Waals surface area contributed by atoms with E-state index in [1.54, 1.807) is 7.11 Å². The number of pyridine rings is 1. The summed E-state index contributed by atoms with van der Waals surface area (Å²) in [4.78, 5) is 9.12. The summed E-state index contributed by atoms with van der Waals surface area (Å²) < 4.78 is 8.00. The van der Waals surface area contributed by atoms with Crippen LogP contribution in [0.15, 0.2) is 73.3 Å². The molecule has 0 aliphatic rings. The monoisotopic (exact) mass is 397 g/mol. The van der Waals surface area contributed by atoms with E-state index in [1.165, 1.54) is 22.3 Å². The second kappa shape index (κ2) is 8.64. The fourth-order valence-electron chi connectivity index (χ4n) is 3.76. The summed E-state index contributed by atoms with van der Waals surface area (Å²) in [6, 6.07) is 19.1. The van der Waals surface area contributed by atoms with Crippen molar-refractivity contribution >= 4 is 0 Å². The fraction of sp³-hybridized carbons (Fsp3) is 0.231. The van der Waals surface area contributed by atoms with Crippen LogP contribution in [0.2, 0.25) is 0 Å². The molecule has 0 spiro atoms. The first kappa shape index (κ1) is 20.0. The Morgan fingerprint density at radius 1 is 0.933 bits per heavy atom. The van der Waals surface area contributed by atoms with E-state index < -0.39 is 0 Å². The van der Waals surface area contributed by atoms with Gasteiger partial charge in [-0.2, -0.15) is 0 Å². The number of ether oxygens (including phenoxy) is 1. The molecule has 0 fully saturated rings. The van der Waals surface area contributed by atoms with Gasteiger partial charge in [0.2, 0.25) is 0 Å². The van der Waals surface area contributed by atoms with Crippen LogP contribution in [0.5, 0.6) is 0 Å². The van der Waals surface area contributed by atoms with Gasteiger partial charge in [-0.15, -0.1) is 0 Å². The fourth-order valence-corrected chi connectivity index (χ4v) is 3.76. The van der Waals surface area contributed by atoms with Crippen molar-refractivity contribution in [2.75, 3.05) is 7.11 Å². The number of nitrogens with zero attached hydrogens (tertiary/aromatic N) is 3. The van der Waals surface area contributed by atoms with Crippen LogP contribution in [-0.2, 0) is 11.3 Å². The number of aromatic nitrogens is 3. The Morgan fingerprint density at radius 3 is 2.43 bits per heavy atom. The topological polar surface area (TPSA) is 39.9 Å². The summed E-state index contributed by atoms with van der Waals surface area (Å²) in [5, 5.41) is 0. The lowest BCUT2D eigenvalue weighted by molar-refractivity contribution is 0.130. The average Bonchev–Trinajstić information content (AvgIpc) is 3.19. The summed E-state index contributed by atoms with van der Waals surface area (Å²) in [7, 11) is 1.74. The van der Waals surface area contributed by atoms with Gasteiger partial charge < -0.3 is 9.30 Å². The molecule has 4 heteroatoms. The lowest BCUT2D eigenvalue weighted by Gasteiger charge is -2.19. The Morgan fingerprint density at radius 2 is 1.73 bits per heavy atom. The molecule has 0 N–H and O–H groups in total. The Labute approximate surface area is 178 Å². The molecule has 0 aliphatic heterocycles. The first-order chi connectivity index (χ1) is 14.5. The van der Waals surface area contributed by atoms with Crippen molar-refractivity contribution in [1.82, 2.24) is 14.5 Å². The number of hydrogen-bond acceptors (Lipinski definition) is 3. The van der Waals surface area contributed by atoms with Gasteiger partial charge in [0.15, 0.2) is 0 Å². The van der Waals surface area contributed by atoms with Gasteiger partial charge in [-0.1, -0.05) is 59.7 Å². The molecule has 4 aromatic rings. The molecule has 0 bridgehead atoms. The molecule has 0 aliphatic carbocycles. The van der Waals surface area contributed by atoms with E-state index in [-0.39, 0.29) is 6.10 Å². The second-order valence-corrected chi connectivity index (χ2v) is 7.84. The second-order valence-electron chi connectivity index (χ2n) is 7.84. The first-order valence-electron chi connectivity index (χ1n) is 10.2. The number of hydrogen-bond donors (Lipinski definition) is 0. The molecule has 1 atom stereocenters. The highest BCUT2D eigenvalue weighted by atomic mass is 16.5. The maximum Gasteiger partial charge on any atom is 0.124 e. The molecule has 1 unspecified atom stereocenters. The number of rotatable bonds is 6. The number of aryl methyl sites for hydroxylation is 3. The van der Waals surface area contributed by atoms with E-state index >= 15 is 0 Å². The Bertz CT molecular complexity index is 1150. The van der Waals surface area contributed by atoms with E-state index in [2.05, 4.69) is 84.9 Å². The zero-order valence-corrected chi connectivity index (χ0v) is 18.0. The third-order valence-corrected chi connectivity index (χ3v) is 5.50. The summed E-state index contributed by atoms with van der Waals surface area (Å²) in [5.41, 5.74) is 9.14. The van der Waals surface area contributed by atoms with Crippen LogP contribution < -0.4 is 0 Å². The van der Waals surface area contributed by atoms with Crippen LogP contribution in [0.25, 0.3) is 11.3 Å². The minimum absolute atomic E-state index is 0.160. The van der Waals surface area contributed by atoms with Gasteiger partial charge in [0.25, 0.3) is 0 Å². The lowest BCUT2D eigenvalue weighted by Crippen LogP contribution is -2.12. The van der Waals surface area contributed by atoms with Gasteiger partial charge >= 0.3 is 0 Å². The Balaban J connectivity index is 1.61. The standard InChI is InChI=1S/C26H27N3O/c1-18-8-10-21(11-9-18)24-13-20(3)23(14-28-24)16-29-17-27-15-25(29)26(30-4)22-7-5-6-19(2)12-22/h5-15,17,26H,16H2,1-4H3. The van der Waals surface area contributed by atoms with Crippen LogP contribution in [0, 0.1) is 20.8 Å². The molecule has 2 aromatic carbocycles. The van der Waals surface area contributed by atoms with Crippen LogP contribution >= 0.6 is 0 Å². The minimum Gasteiger partial charge on any atom is -0.370 e. The van der Waals surface area contributed by atoms with Gasteiger partial charge in [-0.3, -0.25) is 4.98 Å². The van der Waals surface area contributed by atoms with Crippen LogP contribution in [0.4, 0.5) is 0 Å². The molecule has 30 heavy (non-hydrogen) atoms. The summed E-state index contributed by atoms with van der Waals surface area (Å²) in [6.45, 7) is 7.03. The summed E-state index contributed by atoms with van der Waals surface area (Å²) >= 11 is 0. The van der Waals surface area contributed by atoms with Crippen LogP contribution in [0.1, 0.15) is 39.6 Å². The number of benzene rings is 2. The van der Waals surface area contributed by atoms with Crippen LogP contribution in [0.3, 0.4) is 0 Å². The van der Waals surface area contributed by atoms with Gasteiger partial charge in [0.1, 0.15) is 6.10 Å². The van der Waals surface area contributed by atoms with Crippen molar-refractivity contribution in [3.8, 4) is 11.3 Å². The van der Waals surface area contributed by atoms with Crippen molar-refractivity contribution < 1.29 is 4.74 Å². The summed E-state index contributed by atoms with van der Waals surface area (Å²) in [6.07, 6.45) is 5.57. The quantitative estimate of drug-likeness (QED) is 0.422. The smallest absolute Gasteiger partial charge is 0.124 e. The van der Waals surface area contributed by atoms with E-state index in [0.29, 0.717) is 6.54 Å². The average molecular weight is 398 g/mol. The zero-order chi connectivity index (χ0) is 21.1. The van der Waals surface area contributed by atoms with Crippen molar-refractivity contribution in [2.24, 2.45) is 0 Å². The summed E-state index contributed by atoms with van der Waals surface area (Å²) in [5.74, 6) is 0. The third kappa shape index (κ3) is 4.19. The Hall–Kier alpha value is -3.24. The highest BCUT2D eigenvalue weighted by Gasteiger charge is 2.18. The molecular weight excluding hydrogens is 370 g/mol. The molecular formula is C26H27N3O. The molecule has 4 rings (SSSR count). The van der Waals surface area contributed by atoms with Crippen molar-refractivity contribution in [2.45, 2.75) is 33.4 Å². The predicted molar refractivity (Wildman–Crippen MR) is 121 cm³/mol. The Kier molecular flexibility index (Phi) is 5.77. The number of methoxy groups -OCH3 is 1. The molecule has 4 nitrogen and oxygen atoms in total. The zero-order valence-electron chi connectivity index (χ0n) is 18.0. The molecule has 0 radical (unpaired) electrons. The van der Waals surface area contributed by atoms with E-state index in [4.69, 9.17) is 9.72 Å². The molecule has 2 heterocycles. The van der Waals surface area contributed by atoms with Crippen LogP contribution in [-0.4, -0.2) is 21.6 Å². The van der Waals surface area contributed by atoms with Gasteiger partial charge in [0, 0.05) is 18.9 Å². The molecule has 0 saturated heterocycles. The lowest BCUT2D eigenvalue weighted by atomic mass is 10.0. The minimum atomic E-state index is -0.160. The first-order valence-corrected chi connectivity index (χ1v) is 10.2. The number of imidazole rings is 1. The van der Waals surface area contributed by atoms with E-state index in [1.807, 2.05) is 18.7 Å². The van der Waals surface area contributed by atoms with E-state index in [0.717, 1.165) is 22.5 Å². The molecule has 2 aromatic heterocycles. The van der Waals surface area contributed by atoms with Gasteiger partial charge in [0.05, 0.1) is 30.5 Å². The SMILES string of the molecule is COC(c1cccc(C)c1)c1cncn1Cc1cnc(-c2ccc(C)cc2)cc1C. The predicted octanol–water partition coefficient (Wildman–Crippen LogP) is 5.65. The molecule has 0 saturated carbocycles. The van der Waals surface area contributed by atoms with Gasteiger partial charge in [-0.05, 0) is 43.5 Å². The maximum atomic E-state index is 5.85. The van der Waals surface area contributed by atoms with Crippen molar-refractivity contribution in [3.63, 3.8) is 0 Å². The van der Waals surface area contributed by atoms with E-state index in [9.17, 15) is 0 Å². The highest BCUT2D eigenvalue weighted by molar-refractivity contribution is 5.60. The highest BCUT2D eigenvalue weighted by Crippen LogP contribution is 2.27. The van der Waals surface area contributed by atoms with Crippen molar-refractivity contribution in [3.05, 3.63) is 107 Å². The maximum absolute atomic E-state index is 5.85.